The summed E-state index contributed by atoms with van der Waals surface area (Å²) in [6.45, 7) is 0. The lowest BCUT2D eigenvalue weighted by Crippen LogP contribution is -2.48. The first-order chi connectivity index (χ1) is 8.45. The molecule has 0 spiro atoms. The molecule has 0 unspecified atom stereocenters. The number of halogens is 2. The largest absolute Gasteiger partial charge is 0.480 e. The summed E-state index contributed by atoms with van der Waals surface area (Å²) in [6, 6.07) is 5.19. The van der Waals surface area contributed by atoms with Gasteiger partial charge in [0.15, 0.2) is 0 Å². The molecule has 1 aromatic carbocycles. The lowest BCUT2D eigenvalue weighted by Gasteiger charge is -2.35. The second-order valence-electron chi connectivity index (χ2n) is 4.32. The van der Waals surface area contributed by atoms with Crippen molar-refractivity contribution >= 4 is 51.8 Å². The molecule has 0 radical (unpaired) electrons. The molecule has 1 saturated carbocycles. The number of benzene rings is 1. The van der Waals surface area contributed by atoms with E-state index in [4.69, 9.17) is 16.7 Å². The van der Waals surface area contributed by atoms with Gasteiger partial charge in [-0.3, -0.25) is 9.59 Å². The van der Waals surface area contributed by atoms with Crippen molar-refractivity contribution < 1.29 is 14.7 Å². The number of anilines is 1. The molecule has 0 atom stereocenters. The Morgan fingerprint density at radius 2 is 2.06 bits per heavy atom. The predicted molar refractivity (Wildman–Crippen MR) is 76.7 cm³/mol. The summed E-state index contributed by atoms with van der Waals surface area (Å²) in [5.41, 5.74) is -0.818. The molecule has 6 heteroatoms. The Labute approximate surface area is 123 Å². The first kappa shape index (κ1) is 13.6. The van der Waals surface area contributed by atoms with Crippen molar-refractivity contribution in [2.75, 3.05) is 5.32 Å². The molecule has 18 heavy (non-hydrogen) atoms. The standard InChI is InChI=1S/C12H11ClINO3/c13-8-6-7(14)2-3-9(8)15-10(16)12(11(17)18)4-1-5-12/h2-3,6H,1,4-5H2,(H,15,16)(H,17,18). The third-order valence-corrected chi connectivity index (χ3v) is 4.21. The van der Waals surface area contributed by atoms with E-state index in [2.05, 4.69) is 27.9 Å². The summed E-state index contributed by atoms with van der Waals surface area (Å²) in [7, 11) is 0. The summed E-state index contributed by atoms with van der Waals surface area (Å²) in [5.74, 6) is -1.54. The summed E-state index contributed by atoms with van der Waals surface area (Å²) in [5, 5.41) is 12.2. The van der Waals surface area contributed by atoms with E-state index in [0.717, 1.165) is 9.99 Å². The maximum atomic E-state index is 12.0. The maximum Gasteiger partial charge on any atom is 0.319 e. The van der Waals surface area contributed by atoms with Gasteiger partial charge in [0.1, 0.15) is 5.41 Å². The number of hydrogen-bond acceptors (Lipinski definition) is 2. The van der Waals surface area contributed by atoms with Crippen LogP contribution in [0.4, 0.5) is 5.69 Å². The van der Waals surface area contributed by atoms with Crippen molar-refractivity contribution in [3.63, 3.8) is 0 Å². The number of rotatable bonds is 3. The van der Waals surface area contributed by atoms with Gasteiger partial charge in [-0.15, -0.1) is 0 Å². The van der Waals surface area contributed by atoms with Crippen LogP contribution in [0, 0.1) is 8.99 Å². The minimum Gasteiger partial charge on any atom is -0.480 e. The zero-order chi connectivity index (χ0) is 13.3. The van der Waals surface area contributed by atoms with Crippen molar-refractivity contribution in [1.29, 1.82) is 0 Å². The summed E-state index contributed by atoms with van der Waals surface area (Å²) >= 11 is 8.11. The number of carboxylic acid groups (broad SMARTS) is 1. The van der Waals surface area contributed by atoms with Gasteiger partial charge in [0.2, 0.25) is 5.91 Å². The second kappa shape index (κ2) is 5.05. The lowest BCUT2D eigenvalue weighted by atomic mass is 9.68. The Balaban J connectivity index is 2.19. The SMILES string of the molecule is O=C(O)C1(C(=O)Nc2ccc(I)cc2Cl)CCC1. The van der Waals surface area contributed by atoms with Gasteiger partial charge >= 0.3 is 5.97 Å². The van der Waals surface area contributed by atoms with Crippen molar-refractivity contribution in [3.05, 3.63) is 26.8 Å². The molecule has 1 aliphatic carbocycles. The molecule has 0 bridgehead atoms. The van der Waals surface area contributed by atoms with Gasteiger partial charge < -0.3 is 10.4 Å². The van der Waals surface area contributed by atoms with Crippen LogP contribution in [0.2, 0.25) is 5.02 Å². The van der Waals surface area contributed by atoms with Gasteiger partial charge in [-0.05, 0) is 53.6 Å². The third kappa shape index (κ3) is 2.33. The third-order valence-electron chi connectivity index (χ3n) is 3.23. The van der Waals surface area contributed by atoms with E-state index in [1.54, 1.807) is 18.2 Å². The predicted octanol–water partition coefficient (Wildman–Crippen LogP) is 3.14. The minimum absolute atomic E-state index is 0.385. The number of carboxylic acids is 1. The topological polar surface area (TPSA) is 66.4 Å². The number of aliphatic carboxylic acids is 1. The number of hydrogen-bond donors (Lipinski definition) is 2. The van der Waals surface area contributed by atoms with Gasteiger partial charge in [0, 0.05) is 3.57 Å². The fourth-order valence-corrected chi connectivity index (χ4v) is 2.80. The highest BCUT2D eigenvalue weighted by atomic mass is 127. The molecule has 1 aromatic rings. The van der Waals surface area contributed by atoms with Crippen molar-refractivity contribution in [1.82, 2.24) is 0 Å². The van der Waals surface area contributed by atoms with Gasteiger partial charge in [-0.1, -0.05) is 18.0 Å². The Bertz CT molecular complexity index is 514. The molecule has 0 saturated heterocycles. The van der Waals surface area contributed by atoms with Crippen LogP contribution < -0.4 is 5.32 Å². The molecular weight excluding hydrogens is 368 g/mol. The highest BCUT2D eigenvalue weighted by molar-refractivity contribution is 14.1. The number of carbonyl (C=O) groups is 2. The van der Waals surface area contributed by atoms with Crippen LogP contribution in [0.3, 0.4) is 0 Å². The molecule has 4 nitrogen and oxygen atoms in total. The Morgan fingerprint density at radius 1 is 1.39 bits per heavy atom. The zero-order valence-electron chi connectivity index (χ0n) is 9.37. The zero-order valence-corrected chi connectivity index (χ0v) is 12.3. The van der Waals surface area contributed by atoms with Crippen LogP contribution >= 0.6 is 34.2 Å². The van der Waals surface area contributed by atoms with E-state index in [9.17, 15) is 9.59 Å². The Hall–Kier alpha value is -0.820. The highest BCUT2D eigenvalue weighted by Crippen LogP contribution is 2.42. The monoisotopic (exact) mass is 379 g/mol. The van der Waals surface area contributed by atoms with E-state index >= 15 is 0 Å². The molecule has 2 N–H and O–H groups in total. The molecule has 2 rings (SSSR count). The van der Waals surface area contributed by atoms with E-state index in [1.807, 2.05) is 0 Å². The van der Waals surface area contributed by atoms with Gasteiger partial charge in [0.25, 0.3) is 0 Å². The van der Waals surface area contributed by atoms with Crippen LogP contribution in [0.25, 0.3) is 0 Å². The van der Waals surface area contributed by atoms with Crippen LogP contribution in [0.1, 0.15) is 19.3 Å². The van der Waals surface area contributed by atoms with E-state index in [-0.39, 0.29) is 0 Å². The van der Waals surface area contributed by atoms with Gasteiger partial charge in [-0.2, -0.15) is 0 Å². The second-order valence-corrected chi connectivity index (χ2v) is 5.97. The summed E-state index contributed by atoms with van der Waals surface area (Å²) < 4.78 is 0.951. The van der Waals surface area contributed by atoms with E-state index in [1.165, 1.54) is 0 Å². The smallest absolute Gasteiger partial charge is 0.319 e. The fraction of sp³-hybridized carbons (Fsp3) is 0.333. The number of nitrogens with one attached hydrogen (secondary N) is 1. The van der Waals surface area contributed by atoms with Gasteiger partial charge in [-0.25, -0.2) is 0 Å². The first-order valence-corrected chi connectivity index (χ1v) is 6.91. The molecule has 0 aromatic heterocycles. The number of carbonyl (C=O) groups excluding carboxylic acids is 1. The summed E-state index contributed by atoms with van der Waals surface area (Å²) in [4.78, 5) is 23.2. The molecule has 1 amide bonds. The van der Waals surface area contributed by atoms with E-state index in [0.29, 0.717) is 23.6 Å². The number of amides is 1. The van der Waals surface area contributed by atoms with Crippen LogP contribution in [-0.4, -0.2) is 17.0 Å². The van der Waals surface area contributed by atoms with E-state index < -0.39 is 17.3 Å². The van der Waals surface area contributed by atoms with Crippen molar-refractivity contribution in [2.45, 2.75) is 19.3 Å². The molecule has 96 valence electrons. The Kier molecular flexibility index (Phi) is 3.82. The quantitative estimate of drug-likeness (QED) is 0.626. The molecule has 1 fully saturated rings. The average molecular weight is 380 g/mol. The van der Waals surface area contributed by atoms with Crippen LogP contribution in [0.15, 0.2) is 18.2 Å². The lowest BCUT2D eigenvalue weighted by molar-refractivity contribution is -0.159. The summed E-state index contributed by atoms with van der Waals surface area (Å²) in [6.07, 6.45) is 1.53. The Morgan fingerprint density at radius 3 is 2.50 bits per heavy atom. The normalized spacial score (nSPS) is 16.8. The van der Waals surface area contributed by atoms with Crippen molar-refractivity contribution in [3.8, 4) is 0 Å². The van der Waals surface area contributed by atoms with Crippen LogP contribution in [-0.2, 0) is 9.59 Å². The van der Waals surface area contributed by atoms with Crippen LogP contribution in [0.5, 0.6) is 0 Å². The molecule has 1 aliphatic rings. The highest BCUT2D eigenvalue weighted by Gasteiger charge is 2.51. The minimum atomic E-state index is -1.27. The fourth-order valence-electron chi connectivity index (χ4n) is 1.90. The maximum absolute atomic E-state index is 12.0. The molecule has 0 aliphatic heterocycles. The van der Waals surface area contributed by atoms with Gasteiger partial charge in [0.05, 0.1) is 10.7 Å². The molecular formula is C12H11ClINO3. The average Bonchev–Trinajstić information content (AvgIpc) is 2.19. The van der Waals surface area contributed by atoms with Crippen molar-refractivity contribution in [2.24, 2.45) is 5.41 Å². The molecule has 0 heterocycles. The first-order valence-electron chi connectivity index (χ1n) is 5.45.